The molecule has 5 heteroatoms. The Kier molecular flexibility index (Phi) is 5.47. The SMILES string of the molecule is COc1cccc(C2CN(Cc3ccc(OC)c(C)c3)CC2C(=O)O)c1. The molecule has 2 aromatic carbocycles. The lowest BCUT2D eigenvalue weighted by molar-refractivity contribution is -0.141. The van der Waals surface area contributed by atoms with Gasteiger partial charge < -0.3 is 14.6 Å². The summed E-state index contributed by atoms with van der Waals surface area (Å²) in [6.07, 6.45) is 0. The second-order valence-electron chi connectivity index (χ2n) is 6.83. The summed E-state index contributed by atoms with van der Waals surface area (Å²) in [4.78, 5) is 14.0. The van der Waals surface area contributed by atoms with Gasteiger partial charge in [0.05, 0.1) is 20.1 Å². The van der Waals surface area contributed by atoms with Gasteiger partial charge in [-0.3, -0.25) is 9.69 Å². The molecule has 2 aromatic rings. The fraction of sp³-hybridized carbons (Fsp3) is 0.381. The third-order valence-electron chi connectivity index (χ3n) is 5.10. The molecular formula is C21H25NO4. The number of likely N-dealkylation sites (tertiary alicyclic amines) is 1. The van der Waals surface area contributed by atoms with Crippen LogP contribution in [0.5, 0.6) is 11.5 Å². The molecule has 1 aliphatic heterocycles. The highest BCUT2D eigenvalue weighted by Gasteiger charge is 2.38. The molecule has 0 spiro atoms. The van der Waals surface area contributed by atoms with Crippen LogP contribution in [0.4, 0.5) is 0 Å². The van der Waals surface area contributed by atoms with Crippen molar-refractivity contribution in [1.29, 1.82) is 0 Å². The van der Waals surface area contributed by atoms with Gasteiger partial charge >= 0.3 is 5.97 Å². The number of aryl methyl sites for hydroxylation is 1. The Balaban J connectivity index is 1.78. The summed E-state index contributed by atoms with van der Waals surface area (Å²) in [5.74, 6) is 0.429. The molecule has 2 unspecified atom stereocenters. The third-order valence-corrected chi connectivity index (χ3v) is 5.10. The van der Waals surface area contributed by atoms with Crippen LogP contribution in [0.15, 0.2) is 42.5 Å². The number of carboxylic acid groups (broad SMARTS) is 1. The predicted octanol–water partition coefficient (Wildman–Crippen LogP) is 3.31. The van der Waals surface area contributed by atoms with E-state index in [4.69, 9.17) is 9.47 Å². The number of benzene rings is 2. The first kappa shape index (κ1) is 18.3. The second kappa shape index (κ2) is 7.79. The topological polar surface area (TPSA) is 59.0 Å². The van der Waals surface area contributed by atoms with E-state index in [2.05, 4.69) is 11.0 Å². The van der Waals surface area contributed by atoms with E-state index in [0.717, 1.165) is 35.7 Å². The van der Waals surface area contributed by atoms with Crippen molar-refractivity contribution in [2.24, 2.45) is 5.92 Å². The van der Waals surface area contributed by atoms with Gasteiger partial charge in [-0.1, -0.05) is 24.3 Å². The summed E-state index contributed by atoms with van der Waals surface area (Å²) in [5.41, 5.74) is 3.27. The Labute approximate surface area is 154 Å². The minimum absolute atomic E-state index is 0.0399. The first-order valence-electron chi connectivity index (χ1n) is 8.74. The van der Waals surface area contributed by atoms with Crippen molar-refractivity contribution in [1.82, 2.24) is 4.90 Å². The average molecular weight is 355 g/mol. The molecule has 26 heavy (non-hydrogen) atoms. The summed E-state index contributed by atoms with van der Waals surface area (Å²) in [5, 5.41) is 9.69. The Hall–Kier alpha value is -2.53. The number of methoxy groups -OCH3 is 2. The lowest BCUT2D eigenvalue weighted by atomic mass is 9.89. The van der Waals surface area contributed by atoms with Crippen LogP contribution in [0.3, 0.4) is 0 Å². The molecule has 5 nitrogen and oxygen atoms in total. The maximum atomic E-state index is 11.8. The normalized spacial score (nSPS) is 20.1. The van der Waals surface area contributed by atoms with Gasteiger partial charge in [-0.25, -0.2) is 0 Å². The van der Waals surface area contributed by atoms with Gasteiger partial charge in [0.15, 0.2) is 0 Å². The van der Waals surface area contributed by atoms with Crippen LogP contribution in [0.2, 0.25) is 0 Å². The fourth-order valence-corrected chi connectivity index (χ4v) is 3.77. The summed E-state index contributed by atoms with van der Waals surface area (Å²) in [6, 6.07) is 13.9. The standard InChI is InChI=1S/C21H25NO4/c1-14-9-15(7-8-20(14)26-3)11-22-12-18(19(13-22)21(23)24)16-5-4-6-17(10-16)25-2/h4-10,18-19H,11-13H2,1-3H3,(H,23,24). The summed E-state index contributed by atoms with van der Waals surface area (Å²) >= 11 is 0. The van der Waals surface area contributed by atoms with Crippen LogP contribution < -0.4 is 9.47 Å². The van der Waals surface area contributed by atoms with Crippen molar-refractivity contribution in [3.63, 3.8) is 0 Å². The van der Waals surface area contributed by atoms with E-state index in [0.29, 0.717) is 6.54 Å². The minimum atomic E-state index is -0.744. The van der Waals surface area contributed by atoms with Crippen LogP contribution in [0, 0.1) is 12.8 Å². The fourth-order valence-electron chi connectivity index (χ4n) is 3.77. The molecule has 1 fully saturated rings. The van der Waals surface area contributed by atoms with E-state index in [1.54, 1.807) is 14.2 Å². The van der Waals surface area contributed by atoms with Crippen molar-refractivity contribution in [2.75, 3.05) is 27.3 Å². The van der Waals surface area contributed by atoms with Crippen LogP contribution in [0.1, 0.15) is 22.6 Å². The molecular weight excluding hydrogens is 330 g/mol. The number of hydrogen-bond acceptors (Lipinski definition) is 4. The lowest BCUT2D eigenvalue weighted by Crippen LogP contribution is -2.23. The first-order chi connectivity index (χ1) is 12.5. The molecule has 2 atom stereocenters. The number of hydrogen-bond donors (Lipinski definition) is 1. The van der Waals surface area contributed by atoms with Gasteiger partial charge in [0, 0.05) is 25.6 Å². The highest BCUT2D eigenvalue weighted by molar-refractivity contribution is 5.72. The van der Waals surface area contributed by atoms with E-state index in [9.17, 15) is 9.90 Å². The number of carbonyl (C=O) groups is 1. The van der Waals surface area contributed by atoms with Crippen LogP contribution >= 0.6 is 0 Å². The van der Waals surface area contributed by atoms with Crippen molar-refractivity contribution in [3.8, 4) is 11.5 Å². The molecule has 0 amide bonds. The summed E-state index contributed by atoms with van der Waals surface area (Å²) < 4.78 is 10.6. The molecule has 1 heterocycles. The molecule has 1 aliphatic rings. The molecule has 0 aliphatic carbocycles. The number of carboxylic acids is 1. The van der Waals surface area contributed by atoms with E-state index in [-0.39, 0.29) is 5.92 Å². The molecule has 3 rings (SSSR count). The monoisotopic (exact) mass is 355 g/mol. The Bertz CT molecular complexity index is 789. The zero-order chi connectivity index (χ0) is 18.7. The van der Waals surface area contributed by atoms with Crippen molar-refractivity contribution in [3.05, 3.63) is 59.2 Å². The van der Waals surface area contributed by atoms with Crippen molar-refractivity contribution < 1.29 is 19.4 Å². The van der Waals surface area contributed by atoms with E-state index in [1.807, 2.05) is 43.3 Å². The van der Waals surface area contributed by atoms with E-state index in [1.165, 1.54) is 5.56 Å². The number of aliphatic carboxylic acids is 1. The van der Waals surface area contributed by atoms with Crippen LogP contribution in [0.25, 0.3) is 0 Å². The molecule has 0 bridgehead atoms. The van der Waals surface area contributed by atoms with Gasteiger partial charge in [-0.15, -0.1) is 0 Å². The van der Waals surface area contributed by atoms with E-state index >= 15 is 0 Å². The largest absolute Gasteiger partial charge is 0.497 e. The van der Waals surface area contributed by atoms with Crippen LogP contribution in [-0.2, 0) is 11.3 Å². The van der Waals surface area contributed by atoms with Gasteiger partial charge in [-0.2, -0.15) is 0 Å². The van der Waals surface area contributed by atoms with Gasteiger partial charge in [0.2, 0.25) is 0 Å². The number of ether oxygens (including phenoxy) is 2. The molecule has 138 valence electrons. The van der Waals surface area contributed by atoms with Crippen LogP contribution in [-0.4, -0.2) is 43.3 Å². The minimum Gasteiger partial charge on any atom is -0.497 e. The highest BCUT2D eigenvalue weighted by atomic mass is 16.5. The number of nitrogens with zero attached hydrogens (tertiary/aromatic N) is 1. The Morgan fingerprint density at radius 1 is 1.15 bits per heavy atom. The molecule has 0 aromatic heterocycles. The quantitative estimate of drug-likeness (QED) is 0.861. The van der Waals surface area contributed by atoms with Gasteiger partial charge in [0.25, 0.3) is 0 Å². The van der Waals surface area contributed by atoms with Crippen molar-refractivity contribution >= 4 is 5.97 Å². The first-order valence-corrected chi connectivity index (χ1v) is 8.74. The summed E-state index contributed by atoms with van der Waals surface area (Å²) in [6.45, 7) is 4.01. The Morgan fingerprint density at radius 2 is 1.96 bits per heavy atom. The van der Waals surface area contributed by atoms with Gasteiger partial charge in [-0.05, 0) is 41.8 Å². The lowest BCUT2D eigenvalue weighted by Gasteiger charge is -2.17. The highest BCUT2D eigenvalue weighted by Crippen LogP contribution is 2.35. The average Bonchev–Trinajstić information content (AvgIpc) is 3.06. The smallest absolute Gasteiger partial charge is 0.308 e. The second-order valence-corrected chi connectivity index (χ2v) is 6.83. The molecule has 0 radical (unpaired) electrons. The maximum Gasteiger partial charge on any atom is 0.308 e. The maximum absolute atomic E-state index is 11.8. The Morgan fingerprint density at radius 3 is 2.62 bits per heavy atom. The molecule has 1 saturated heterocycles. The van der Waals surface area contributed by atoms with Crippen molar-refractivity contribution in [2.45, 2.75) is 19.4 Å². The summed E-state index contributed by atoms with van der Waals surface area (Å²) in [7, 11) is 3.29. The molecule has 0 saturated carbocycles. The molecule has 1 N–H and O–H groups in total. The third kappa shape index (κ3) is 3.83. The van der Waals surface area contributed by atoms with E-state index < -0.39 is 11.9 Å². The predicted molar refractivity (Wildman–Crippen MR) is 99.9 cm³/mol. The van der Waals surface area contributed by atoms with Gasteiger partial charge in [0.1, 0.15) is 11.5 Å². The number of rotatable bonds is 6. The zero-order valence-corrected chi connectivity index (χ0v) is 15.4. The zero-order valence-electron chi connectivity index (χ0n) is 15.4.